The van der Waals surface area contributed by atoms with E-state index in [9.17, 15) is 4.39 Å². The van der Waals surface area contributed by atoms with Gasteiger partial charge in [0.25, 0.3) is 0 Å². The normalized spacial score (nSPS) is 23.8. The first kappa shape index (κ1) is 16.2. The third-order valence-electron chi connectivity index (χ3n) is 4.23. The second-order valence-electron chi connectivity index (χ2n) is 5.89. The molecule has 1 aromatic rings. The molecule has 1 aromatic carbocycles. The molecule has 0 saturated heterocycles. The zero-order valence-electron chi connectivity index (χ0n) is 13.0. The number of rotatable bonds is 6. The average molecular weight is 295 g/mol. The van der Waals surface area contributed by atoms with E-state index in [0.717, 1.165) is 43.4 Å². The van der Waals surface area contributed by atoms with Gasteiger partial charge in [-0.15, -0.1) is 0 Å². The molecule has 1 aliphatic carbocycles. The third-order valence-corrected chi connectivity index (χ3v) is 4.23. The molecule has 3 nitrogen and oxygen atoms in total. The molecule has 4 heteroatoms. The van der Waals surface area contributed by atoms with Crippen molar-refractivity contribution in [1.82, 2.24) is 0 Å². The van der Waals surface area contributed by atoms with Crippen LogP contribution in [-0.2, 0) is 11.2 Å². The summed E-state index contributed by atoms with van der Waals surface area (Å²) in [6.45, 7) is 2.04. The van der Waals surface area contributed by atoms with Crippen molar-refractivity contribution in [3.05, 3.63) is 29.6 Å². The number of halogens is 1. The maximum atomic E-state index is 13.5. The number of hydrogen-bond donors (Lipinski definition) is 1. The van der Waals surface area contributed by atoms with Crippen LogP contribution in [0.4, 0.5) is 4.39 Å². The smallest absolute Gasteiger partial charge is 0.123 e. The summed E-state index contributed by atoms with van der Waals surface area (Å²) in [6, 6.07) is 4.75. The molecule has 2 rings (SSSR count). The van der Waals surface area contributed by atoms with E-state index in [-0.39, 0.29) is 24.1 Å². The summed E-state index contributed by atoms with van der Waals surface area (Å²) in [7, 11) is 1.75. The Hall–Kier alpha value is -1.13. The van der Waals surface area contributed by atoms with Crippen LogP contribution in [0.3, 0.4) is 0 Å². The maximum absolute atomic E-state index is 13.5. The summed E-state index contributed by atoms with van der Waals surface area (Å²) >= 11 is 0. The molecule has 3 atom stereocenters. The fraction of sp³-hybridized carbons (Fsp3) is 0.647. The second kappa shape index (κ2) is 7.76. The standard InChI is InChI=1S/C17H26FNO2/c1-3-14(19)10-12-9-13(18)7-8-17(12)21-16-6-4-5-15(11-16)20-2/h7-9,14-16H,3-6,10-11,19H2,1-2H3. The average Bonchev–Trinajstić information content (AvgIpc) is 2.50. The number of hydrogen-bond acceptors (Lipinski definition) is 3. The summed E-state index contributed by atoms with van der Waals surface area (Å²) in [5, 5.41) is 0. The molecule has 3 unspecified atom stereocenters. The molecule has 0 aromatic heterocycles. The Morgan fingerprint density at radius 1 is 1.33 bits per heavy atom. The lowest BCUT2D eigenvalue weighted by Gasteiger charge is -2.29. The van der Waals surface area contributed by atoms with E-state index in [1.807, 2.05) is 6.92 Å². The zero-order chi connectivity index (χ0) is 15.2. The molecular formula is C17H26FNO2. The van der Waals surface area contributed by atoms with Crippen molar-refractivity contribution in [1.29, 1.82) is 0 Å². The van der Waals surface area contributed by atoms with Crippen LogP contribution < -0.4 is 10.5 Å². The van der Waals surface area contributed by atoms with Crippen LogP contribution in [-0.4, -0.2) is 25.4 Å². The first-order chi connectivity index (χ1) is 10.1. The topological polar surface area (TPSA) is 44.5 Å². The van der Waals surface area contributed by atoms with Crippen molar-refractivity contribution >= 4 is 0 Å². The summed E-state index contributed by atoms with van der Waals surface area (Å²) in [5.74, 6) is 0.529. The number of nitrogens with two attached hydrogens (primary N) is 1. The first-order valence-electron chi connectivity index (χ1n) is 7.85. The highest BCUT2D eigenvalue weighted by molar-refractivity contribution is 5.35. The lowest BCUT2D eigenvalue weighted by molar-refractivity contribution is 0.0206. The molecule has 0 amide bonds. The number of benzene rings is 1. The molecule has 118 valence electrons. The first-order valence-corrected chi connectivity index (χ1v) is 7.85. The van der Waals surface area contributed by atoms with Gasteiger partial charge in [-0.25, -0.2) is 4.39 Å². The maximum Gasteiger partial charge on any atom is 0.123 e. The molecular weight excluding hydrogens is 269 g/mol. The van der Waals surface area contributed by atoms with Gasteiger partial charge in [0, 0.05) is 19.6 Å². The lowest BCUT2D eigenvalue weighted by Crippen LogP contribution is -2.30. The fourth-order valence-electron chi connectivity index (χ4n) is 2.85. The monoisotopic (exact) mass is 295 g/mol. The molecule has 2 N–H and O–H groups in total. The van der Waals surface area contributed by atoms with Gasteiger partial charge >= 0.3 is 0 Å². The van der Waals surface area contributed by atoms with E-state index in [1.165, 1.54) is 6.07 Å². The van der Waals surface area contributed by atoms with Crippen molar-refractivity contribution in [2.45, 2.75) is 63.7 Å². The van der Waals surface area contributed by atoms with Crippen molar-refractivity contribution in [3.63, 3.8) is 0 Å². The van der Waals surface area contributed by atoms with Crippen LogP contribution in [0.5, 0.6) is 5.75 Å². The van der Waals surface area contributed by atoms with Crippen LogP contribution >= 0.6 is 0 Å². The van der Waals surface area contributed by atoms with Gasteiger partial charge in [-0.2, -0.15) is 0 Å². The predicted molar refractivity (Wildman–Crippen MR) is 82.1 cm³/mol. The molecule has 0 aliphatic heterocycles. The summed E-state index contributed by atoms with van der Waals surface area (Å²) < 4.78 is 25.0. The predicted octanol–water partition coefficient (Wildman–Crippen LogP) is 3.44. The lowest BCUT2D eigenvalue weighted by atomic mass is 9.94. The second-order valence-corrected chi connectivity index (χ2v) is 5.89. The van der Waals surface area contributed by atoms with Gasteiger partial charge in [0.15, 0.2) is 0 Å². The largest absolute Gasteiger partial charge is 0.490 e. The van der Waals surface area contributed by atoms with E-state index >= 15 is 0 Å². The molecule has 21 heavy (non-hydrogen) atoms. The number of ether oxygens (including phenoxy) is 2. The Balaban J connectivity index is 2.07. The molecule has 0 bridgehead atoms. The molecule has 1 fully saturated rings. The summed E-state index contributed by atoms with van der Waals surface area (Å²) in [4.78, 5) is 0. The fourth-order valence-corrected chi connectivity index (χ4v) is 2.85. The minimum Gasteiger partial charge on any atom is -0.490 e. The Bertz CT molecular complexity index is 452. The highest BCUT2D eigenvalue weighted by Gasteiger charge is 2.24. The zero-order valence-corrected chi connectivity index (χ0v) is 13.0. The molecule has 1 saturated carbocycles. The Kier molecular flexibility index (Phi) is 6.00. The molecule has 1 aliphatic rings. The molecule has 0 heterocycles. The van der Waals surface area contributed by atoms with Crippen molar-refractivity contribution < 1.29 is 13.9 Å². The summed E-state index contributed by atoms with van der Waals surface area (Å²) in [5.41, 5.74) is 6.87. The minimum atomic E-state index is -0.237. The third kappa shape index (κ3) is 4.68. The van der Waals surface area contributed by atoms with E-state index in [2.05, 4.69) is 0 Å². The van der Waals surface area contributed by atoms with Crippen molar-refractivity contribution in [2.75, 3.05) is 7.11 Å². The quantitative estimate of drug-likeness (QED) is 0.874. The van der Waals surface area contributed by atoms with E-state index < -0.39 is 0 Å². The minimum absolute atomic E-state index is 0.0345. The Morgan fingerprint density at radius 3 is 2.81 bits per heavy atom. The van der Waals surface area contributed by atoms with Gasteiger partial charge in [-0.1, -0.05) is 6.92 Å². The van der Waals surface area contributed by atoms with Gasteiger partial charge in [0.05, 0.1) is 6.10 Å². The van der Waals surface area contributed by atoms with Crippen LogP contribution in [0.25, 0.3) is 0 Å². The van der Waals surface area contributed by atoms with E-state index in [1.54, 1.807) is 19.2 Å². The van der Waals surface area contributed by atoms with E-state index in [4.69, 9.17) is 15.2 Å². The van der Waals surface area contributed by atoms with Gasteiger partial charge in [-0.05, 0) is 55.9 Å². The highest BCUT2D eigenvalue weighted by atomic mass is 19.1. The SMILES string of the molecule is CCC(N)Cc1cc(F)ccc1OC1CCCC(OC)C1. The Morgan fingerprint density at radius 2 is 2.10 bits per heavy atom. The van der Waals surface area contributed by atoms with E-state index in [0.29, 0.717) is 6.42 Å². The van der Waals surface area contributed by atoms with Crippen LogP contribution in [0.1, 0.15) is 44.6 Å². The molecule has 0 spiro atoms. The van der Waals surface area contributed by atoms with Gasteiger partial charge in [0.1, 0.15) is 17.7 Å². The molecule has 0 radical (unpaired) electrons. The van der Waals surface area contributed by atoms with Crippen molar-refractivity contribution in [2.24, 2.45) is 5.73 Å². The van der Waals surface area contributed by atoms with Gasteiger partial charge < -0.3 is 15.2 Å². The van der Waals surface area contributed by atoms with Crippen LogP contribution in [0.2, 0.25) is 0 Å². The van der Waals surface area contributed by atoms with Crippen LogP contribution in [0.15, 0.2) is 18.2 Å². The summed E-state index contributed by atoms with van der Waals surface area (Å²) in [6.07, 6.45) is 6.04. The van der Waals surface area contributed by atoms with Gasteiger partial charge in [-0.3, -0.25) is 0 Å². The highest BCUT2D eigenvalue weighted by Crippen LogP contribution is 2.28. The number of methoxy groups -OCH3 is 1. The van der Waals surface area contributed by atoms with Crippen molar-refractivity contribution in [3.8, 4) is 5.75 Å². The van der Waals surface area contributed by atoms with Crippen LogP contribution in [0, 0.1) is 5.82 Å². The Labute approximate surface area is 126 Å². The van der Waals surface area contributed by atoms with Gasteiger partial charge in [0.2, 0.25) is 0 Å².